The number of rotatable bonds is 6. The summed E-state index contributed by atoms with van der Waals surface area (Å²) in [6.07, 6.45) is 4.74. The van der Waals surface area contributed by atoms with E-state index in [1.54, 1.807) is 4.68 Å². The lowest BCUT2D eigenvalue weighted by Gasteiger charge is -2.08. The molecule has 4 rings (SSSR count). The Labute approximate surface area is 157 Å². The molecule has 138 valence electrons. The van der Waals surface area contributed by atoms with Crippen LogP contribution in [0, 0.1) is 0 Å². The summed E-state index contributed by atoms with van der Waals surface area (Å²) in [6.45, 7) is 5.46. The van der Waals surface area contributed by atoms with Crippen LogP contribution in [0.15, 0.2) is 42.7 Å². The Morgan fingerprint density at radius 2 is 1.85 bits per heavy atom. The summed E-state index contributed by atoms with van der Waals surface area (Å²) in [5.74, 6) is 1.53. The van der Waals surface area contributed by atoms with Gasteiger partial charge in [0, 0.05) is 19.3 Å². The van der Waals surface area contributed by atoms with Crippen molar-refractivity contribution in [3.05, 3.63) is 53.9 Å². The highest BCUT2D eigenvalue weighted by Crippen LogP contribution is 2.23. The number of nitrogens with zero attached hydrogens (tertiary/aromatic N) is 6. The second-order valence-electron chi connectivity index (χ2n) is 6.25. The second-order valence-corrected chi connectivity index (χ2v) is 6.25. The van der Waals surface area contributed by atoms with Crippen molar-refractivity contribution >= 4 is 22.9 Å². The third kappa shape index (κ3) is 3.21. The first kappa shape index (κ1) is 17.0. The van der Waals surface area contributed by atoms with E-state index in [1.165, 1.54) is 0 Å². The van der Waals surface area contributed by atoms with Gasteiger partial charge in [-0.2, -0.15) is 15.1 Å². The van der Waals surface area contributed by atoms with Gasteiger partial charge in [0.25, 0.3) is 0 Å². The SMILES string of the molecule is CCc1cnn(-c2nc3c(N)nc(NCc4ccccc4)nc3n2CC)c1. The van der Waals surface area contributed by atoms with Gasteiger partial charge in [-0.1, -0.05) is 37.3 Å². The fraction of sp³-hybridized carbons (Fsp3) is 0.263. The van der Waals surface area contributed by atoms with Crippen molar-refractivity contribution in [2.45, 2.75) is 33.4 Å². The molecule has 0 saturated carbocycles. The molecule has 0 radical (unpaired) electrons. The molecule has 8 nitrogen and oxygen atoms in total. The molecule has 0 atom stereocenters. The Morgan fingerprint density at radius 3 is 2.56 bits per heavy atom. The van der Waals surface area contributed by atoms with Crippen molar-refractivity contribution in [2.75, 3.05) is 11.1 Å². The highest BCUT2D eigenvalue weighted by Gasteiger charge is 2.17. The van der Waals surface area contributed by atoms with Crippen molar-refractivity contribution in [3.63, 3.8) is 0 Å². The number of fused-ring (bicyclic) bond motifs is 1. The molecule has 27 heavy (non-hydrogen) atoms. The zero-order valence-electron chi connectivity index (χ0n) is 15.4. The van der Waals surface area contributed by atoms with Gasteiger partial charge in [0.2, 0.25) is 11.9 Å². The number of imidazole rings is 1. The van der Waals surface area contributed by atoms with Gasteiger partial charge in [-0.25, -0.2) is 9.67 Å². The molecule has 0 unspecified atom stereocenters. The van der Waals surface area contributed by atoms with Crippen molar-refractivity contribution < 1.29 is 0 Å². The summed E-state index contributed by atoms with van der Waals surface area (Å²) in [5.41, 5.74) is 9.76. The molecule has 0 fully saturated rings. The van der Waals surface area contributed by atoms with E-state index in [0.29, 0.717) is 42.0 Å². The van der Waals surface area contributed by atoms with Crippen LogP contribution >= 0.6 is 0 Å². The normalized spacial score (nSPS) is 11.2. The molecule has 0 saturated heterocycles. The average molecular weight is 362 g/mol. The van der Waals surface area contributed by atoms with Crippen LogP contribution in [0.5, 0.6) is 0 Å². The molecule has 0 aliphatic carbocycles. The van der Waals surface area contributed by atoms with Crippen molar-refractivity contribution in [1.29, 1.82) is 0 Å². The molecule has 1 aromatic carbocycles. The van der Waals surface area contributed by atoms with Gasteiger partial charge in [0.1, 0.15) is 0 Å². The van der Waals surface area contributed by atoms with Crippen LogP contribution in [-0.4, -0.2) is 29.3 Å². The summed E-state index contributed by atoms with van der Waals surface area (Å²) in [5, 5.41) is 7.66. The monoisotopic (exact) mass is 362 g/mol. The number of nitrogen functional groups attached to an aromatic ring is 1. The zero-order valence-corrected chi connectivity index (χ0v) is 15.4. The van der Waals surface area contributed by atoms with E-state index in [-0.39, 0.29) is 0 Å². The van der Waals surface area contributed by atoms with Crippen LogP contribution in [0.2, 0.25) is 0 Å². The summed E-state index contributed by atoms with van der Waals surface area (Å²) >= 11 is 0. The molecular formula is C19H22N8. The van der Waals surface area contributed by atoms with Crippen LogP contribution < -0.4 is 11.1 Å². The molecule has 0 aliphatic heterocycles. The molecule has 0 spiro atoms. The van der Waals surface area contributed by atoms with Gasteiger partial charge in [-0.05, 0) is 24.5 Å². The van der Waals surface area contributed by atoms with Gasteiger partial charge >= 0.3 is 0 Å². The van der Waals surface area contributed by atoms with Gasteiger partial charge in [0.05, 0.1) is 6.20 Å². The van der Waals surface area contributed by atoms with Crippen LogP contribution in [0.1, 0.15) is 25.0 Å². The Hall–Kier alpha value is -3.42. The van der Waals surface area contributed by atoms with Gasteiger partial charge in [-0.3, -0.25) is 4.57 Å². The largest absolute Gasteiger partial charge is 0.382 e. The maximum atomic E-state index is 6.18. The predicted octanol–water partition coefficient (Wildman–Crippen LogP) is 2.79. The number of nitrogens with one attached hydrogen (secondary N) is 1. The smallest absolute Gasteiger partial charge is 0.233 e. The first-order valence-corrected chi connectivity index (χ1v) is 9.05. The average Bonchev–Trinajstić information content (AvgIpc) is 3.31. The lowest BCUT2D eigenvalue weighted by Crippen LogP contribution is -2.08. The highest BCUT2D eigenvalue weighted by atomic mass is 15.4. The highest BCUT2D eigenvalue weighted by molar-refractivity contribution is 5.84. The van der Waals surface area contributed by atoms with Gasteiger partial charge in [-0.15, -0.1) is 0 Å². The van der Waals surface area contributed by atoms with Crippen molar-refractivity contribution in [2.24, 2.45) is 0 Å². The molecule has 3 N–H and O–H groups in total. The maximum Gasteiger partial charge on any atom is 0.233 e. The van der Waals surface area contributed by atoms with E-state index in [9.17, 15) is 0 Å². The quantitative estimate of drug-likeness (QED) is 0.547. The Bertz CT molecular complexity index is 1060. The molecule has 0 aliphatic rings. The van der Waals surface area contributed by atoms with E-state index < -0.39 is 0 Å². The summed E-state index contributed by atoms with van der Waals surface area (Å²) in [6, 6.07) is 10.1. The van der Waals surface area contributed by atoms with Crippen molar-refractivity contribution in [3.8, 4) is 5.95 Å². The summed E-state index contributed by atoms with van der Waals surface area (Å²) < 4.78 is 3.76. The predicted molar refractivity (Wildman–Crippen MR) is 106 cm³/mol. The van der Waals surface area contributed by atoms with Crippen LogP contribution in [0.25, 0.3) is 17.1 Å². The van der Waals surface area contributed by atoms with Crippen molar-refractivity contribution in [1.82, 2.24) is 29.3 Å². The fourth-order valence-electron chi connectivity index (χ4n) is 2.98. The van der Waals surface area contributed by atoms with E-state index >= 15 is 0 Å². The Balaban J connectivity index is 1.72. The van der Waals surface area contributed by atoms with Crippen LogP contribution in [0.4, 0.5) is 11.8 Å². The number of nitrogens with two attached hydrogens (primary N) is 1. The van der Waals surface area contributed by atoms with Crippen LogP contribution in [-0.2, 0) is 19.5 Å². The first-order valence-electron chi connectivity index (χ1n) is 9.05. The third-order valence-electron chi connectivity index (χ3n) is 4.46. The molecular weight excluding hydrogens is 340 g/mol. The second kappa shape index (κ2) is 7.06. The first-order chi connectivity index (χ1) is 13.2. The molecule has 0 amide bonds. The maximum absolute atomic E-state index is 6.18. The van der Waals surface area contributed by atoms with Gasteiger partial charge < -0.3 is 11.1 Å². The zero-order chi connectivity index (χ0) is 18.8. The number of aryl methyl sites for hydroxylation is 2. The minimum absolute atomic E-state index is 0.354. The number of hydrogen-bond acceptors (Lipinski definition) is 6. The minimum atomic E-state index is 0.354. The van der Waals surface area contributed by atoms with E-state index in [1.807, 2.05) is 54.2 Å². The fourth-order valence-corrected chi connectivity index (χ4v) is 2.98. The Kier molecular flexibility index (Phi) is 4.45. The lowest BCUT2D eigenvalue weighted by molar-refractivity contribution is 0.696. The molecule has 0 bridgehead atoms. The standard InChI is InChI=1S/C19H22N8/c1-3-13-11-22-27(12-13)19-23-15-16(20)24-18(25-17(15)26(19)4-2)21-10-14-8-6-5-7-9-14/h5-9,11-12H,3-4,10H2,1-2H3,(H3,20,21,24,25). The number of aromatic nitrogens is 6. The van der Waals surface area contributed by atoms with Gasteiger partial charge in [0.15, 0.2) is 17.0 Å². The summed E-state index contributed by atoms with van der Waals surface area (Å²) in [7, 11) is 0. The van der Waals surface area contributed by atoms with E-state index in [0.717, 1.165) is 17.5 Å². The minimum Gasteiger partial charge on any atom is -0.382 e. The van der Waals surface area contributed by atoms with E-state index in [2.05, 4.69) is 32.3 Å². The summed E-state index contributed by atoms with van der Waals surface area (Å²) in [4.78, 5) is 13.7. The molecule has 3 aromatic heterocycles. The molecule has 4 aromatic rings. The topological polar surface area (TPSA) is 99.5 Å². The number of benzene rings is 1. The van der Waals surface area contributed by atoms with E-state index in [4.69, 9.17) is 5.73 Å². The molecule has 3 heterocycles. The number of anilines is 2. The lowest BCUT2D eigenvalue weighted by atomic mass is 10.2. The Morgan fingerprint density at radius 1 is 1.04 bits per heavy atom. The van der Waals surface area contributed by atoms with Crippen LogP contribution in [0.3, 0.4) is 0 Å². The molecule has 8 heteroatoms. The third-order valence-corrected chi connectivity index (χ3v) is 4.46. The number of hydrogen-bond donors (Lipinski definition) is 2.